The van der Waals surface area contributed by atoms with E-state index in [1.165, 1.54) is 4.24 Å². The molecule has 0 unspecified atom stereocenters. The molecule has 4 aliphatic heterocycles. The van der Waals surface area contributed by atoms with Crippen LogP contribution in [0.4, 0.5) is 0 Å². The van der Waals surface area contributed by atoms with E-state index >= 15 is 0 Å². The summed E-state index contributed by atoms with van der Waals surface area (Å²) < 4.78 is 10.3. The minimum absolute atomic E-state index is 0.682. The zero-order valence-electron chi connectivity index (χ0n) is 8.58. The predicted molar refractivity (Wildman–Crippen MR) is 92.7 cm³/mol. The Hall–Kier alpha value is 2.18. The van der Waals surface area contributed by atoms with E-state index in [4.69, 9.17) is 0 Å². The van der Waals surface area contributed by atoms with E-state index in [1.807, 2.05) is 30.3 Å². The van der Waals surface area contributed by atoms with Crippen molar-refractivity contribution in [2.45, 2.75) is 0 Å². The van der Waals surface area contributed by atoms with Crippen molar-refractivity contribution < 1.29 is 0 Å². The van der Waals surface area contributed by atoms with Gasteiger partial charge in [-0.2, -0.15) is 0 Å². The molecule has 0 aromatic rings. The van der Waals surface area contributed by atoms with E-state index in [-0.39, 0.29) is 0 Å². The second-order valence-corrected chi connectivity index (χ2v) is 19.5. The molecule has 0 saturated carbocycles. The molecule has 0 radical (unpaired) electrons. The zero-order chi connectivity index (χ0) is 11.9. The minimum atomic E-state index is 0.682. The molecule has 0 N–H and O–H groups in total. The first-order valence-corrected chi connectivity index (χ1v) is 15.3. The van der Waals surface area contributed by atoms with Gasteiger partial charge in [-0.25, -0.2) is 0 Å². The molecule has 0 saturated heterocycles. The van der Waals surface area contributed by atoms with Crippen LogP contribution in [0.1, 0.15) is 0 Å². The number of thioether (sulfide) groups is 4. The maximum absolute atomic E-state index is 2.43. The molecule has 0 aliphatic carbocycles. The van der Waals surface area contributed by atoms with Gasteiger partial charge in [-0.15, -0.1) is 0 Å². The van der Waals surface area contributed by atoms with Crippen LogP contribution in [0.5, 0.6) is 0 Å². The summed E-state index contributed by atoms with van der Waals surface area (Å²) >= 11 is 10.8. The molecule has 0 amide bonds. The Labute approximate surface area is 148 Å². The van der Waals surface area contributed by atoms with Crippen molar-refractivity contribution in [2.24, 2.45) is 0 Å². The van der Waals surface area contributed by atoms with Gasteiger partial charge < -0.3 is 0 Å². The van der Waals surface area contributed by atoms with E-state index in [9.17, 15) is 0 Å². The van der Waals surface area contributed by atoms with E-state index < -0.39 is 0 Å². The fourth-order valence-electron chi connectivity index (χ4n) is 1.36. The molecule has 92 valence electrons. The molecule has 4 aliphatic rings. The van der Waals surface area contributed by atoms with Gasteiger partial charge in [-0.1, -0.05) is 0 Å². The van der Waals surface area contributed by atoms with Crippen molar-refractivity contribution >= 4 is 107 Å². The fourth-order valence-corrected chi connectivity index (χ4v) is 23.8. The van der Waals surface area contributed by atoms with Crippen LogP contribution in [0.2, 0.25) is 0 Å². The molecule has 18 heavy (non-hydrogen) atoms. The first kappa shape index (κ1) is 13.8. The summed E-state index contributed by atoms with van der Waals surface area (Å²) in [4.78, 5) is 4.85. The average Bonchev–Trinajstić information content (AvgIpc) is 3.13. The summed E-state index contributed by atoms with van der Waals surface area (Å²) in [5, 5.41) is 4.41. The van der Waals surface area contributed by atoms with Crippen molar-refractivity contribution in [2.75, 3.05) is 0 Å². The van der Waals surface area contributed by atoms with Gasteiger partial charge in [0.15, 0.2) is 0 Å². The third-order valence-electron chi connectivity index (χ3n) is 2.05. The SMILES string of the molecule is C1=CSC(=C2SC3=C(S2)[Se]C(=C2[Se]C=C[Se]2)[Se]3)S1. The molecular weight excluding hydrogens is 564 g/mol. The van der Waals surface area contributed by atoms with E-state index in [2.05, 4.69) is 44.3 Å². The Kier molecular flexibility index (Phi) is 4.70. The molecular formula is C10H4S4Se4. The molecule has 0 spiro atoms. The Balaban J connectivity index is 1.51. The fraction of sp³-hybridized carbons (Fsp3) is 0. The van der Waals surface area contributed by atoms with Gasteiger partial charge in [-0.05, 0) is 0 Å². The zero-order valence-corrected chi connectivity index (χ0v) is 18.7. The van der Waals surface area contributed by atoms with E-state index in [1.54, 1.807) is 11.8 Å². The summed E-state index contributed by atoms with van der Waals surface area (Å²) in [7, 11) is 0. The standard InChI is InChI=1S/C10H4S4Se4/c1-2-12-5(11-1)6-13-7-8(14-6)18-10(17-7)9-15-3-4-16-9/h1-4H. The molecule has 0 fully saturated rings. The van der Waals surface area contributed by atoms with Crippen molar-refractivity contribution in [1.29, 1.82) is 0 Å². The number of hydrogen-bond donors (Lipinski definition) is 0. The third-order valence-corrected chi connectivity index (χ3v) is 23.6. The van der Waals surface area contributed by atoms with Crippen LogP contribution < -0.4 is 0 Å². The third kappa shape index (κ3) is 2.75. The molecule has 0 nitrogen and oxygen atoms in total. The van der Waals surface area contributed by atoms with Gasteiger partial charge in [0.05, 0.1) is 0 Å². The topological polar surface area (TPSA) is 0 Å². The average molecular weight is 568 g/mol. The van der Waals surface area contributed by atoms with Crippen molar-refractivity contribution in [1.82, 2.24) is 0 Å². The van der Waals surface area contributed by atoms with Crippen LogP contribution in [0.15, 0.2) is 43.6 Å². The normalized spacial score (nSPS) is 26.2. The number of rotatable bonds is 0. The van der Waals surface area contributed by atoms with Crippen LogP contribution in [-0.2, 0) is 0 Å². The molecule has 0 aromatic heterocycles. The van der Waals surface area contributed by atoms with Crippen LogP contribution >= 0.6 is 47.0 Å². The summed E-state index contributed by atoms with van der Waals surface area (Å²) in [6, 6.07) is 0. The van der Waals surface area contributed by atoms with Crippen LogP contribution in [-0.4, -0.2) is 59.8 Å². The van der Waals surface area contributed by atoms with Crippen LogP contribution in [0.3, 0.4) is 0 Å². The van der Waals surface area contributed by atoms with E-state index in [0.717, 1.165) is 29.9 Å². The van der Waals surface area contributed by atoms with Gasteiger partial charge in [-0.3, -0.25) is 0 Å². The quantitative estimate of drug-likeness (QED) is 0.412. The van der Waals surface area contributed by atoms with Crippen LogP contribution in [0, 0.1) is 0 Å². The van der Waals surface area contributed by atoms with Gasteiger partial charge in [0, 0.05) is 0 Å². The molecule has 8 heteroatoms. The Morgan fingerprint density at radius 1 is 0.722 bits per heavy atom. The van der Waals surface area contributed by atoms with Crippen LogP contribution in [0.25, 0.3) is 0 Å². The maximum atomic E-state index is 2.43. The predicted octanol–water partition coefficient (Wildman–Crippen LogP) is 3.11. The first-order chi connectivity index (χ1) is 8.90. The van der Waals surface area contributed by atoms with Crippen molar-refractivity contribution in [3.63, 3.8) is 0 Å². The second kappa shape index (κ2) is 6.12. The van der Waals surface area contributed by atoms with Crippen molar-refractivity contribution in [3.8, 4) is 0 Å². The first-order valence-electron chi connectivity index (χ1n) is 4.81. The van der Waals surface area contributed by atoms with E-state index in [0.29, 0.717) is 29.9 Å². The molecule has 0 aromatic carbocycles. The molecule has 0 bridgehead atoms. The van der Waals surface area contributed by atoms with Gasteiger partial charge in [0.25, 0.3) is 0 Å². The summed E-state index contributed by atoms with van der Waals surface area (Å²) in [5.74, 6) is 0. The van der Waals surface area contributed by atoms with Gasteiger partial charge in [0.2, 0.25) is 0 Å². The van der Waals surface area contributed by atoms with Crippen molar-refractivity contribution in [3.05, 3.63) is 43.6 Å². The summed E-state index contributed by atoms with van der Waals surface area (Å²) in [6.07, 6.45) is 0. The number of hydrogen-bond acceptors (Lipinski definition) is 4. The van der Waals surface area contributed by atoms with Gasteiger partial charge in [0.1, 0.15) is 0 Å². The Morgan fingerprint density at radius 2 is 1.33 bits per heavy atom. The molecule has 4 rings (SSSR count). The summed E-state index contributed by atoms with van der Waals surface area (Å²) in [6.45, 7) is 0. The Bertz CT molecular complexity index is 482. The molecule has 4 heterocycles. The summed E-state index contributed by atoms with van der Waals surface area (Å²) in [5.41, 5.74) is 0. The molecule has 0 atom stereocenters. The monoisotopic (exact) mass is 572 g/mol. The Morgan fingerprint density at radius 3 is 1.94 bits per heavy atom. The van der Waals surface area contributed by atoms with Gasteiger partial charge >= 0.3 is 150 Å². The second-order valence-electron chi connectivity index (χ2n) is 3.15.